The highest BCUT2D eigenvalue weighted by Gasteiger charge is 2.31. The van der Waals surface area contributed by atoms with Crippen LogP contribution in [0.15, 0.2) is 16.4 Å². The van der Waals surface area contributed by atoms with Crippen molar-refractivity contribution in [1.82, 2.24) is 5.32 Å². The molecule has 0 aromatic heterocycles. The van der Waals surface area contributed by atoms with E-state index in [4.69, 9.17) is 4.74 Å². The quantitative estimate of drug-likeness (QED) is 0.465. The first-order valence-electron chi connectivity index (χ1n) is 6.60. The molecule has 0 saturated heterocycles. The molecule has 1 heterocycles. The molecule has 1 amide bonds. The highest BCUT2D eigenvalue weighted by molar-refractivity contribution is 5.82. The summed E-state index contributed by atoms with van der Waals surface area (Å²) in [5, 5.41) is 13.2. The Bertz CT molecular complexity index is 532. The lowest BCUT2D eigenvalue weighted by molar-refractivity contribution is -0.426. The largest absolute Gasteiger partial charge is 0.467 e. The number of carbonyl (C=O) groups is 2. The summed E-state index contributed by atoms with van der Waals surface area (Å²) in [7, 11) is 1.17. The van der Waals surface area contributed by atoms with Crippen LogP contribution in [0, 0.1) is 10.1 Å². The van der Waals surface area contributed by atoms with Gasteiger partial charge in [0.15, 0.2) is 0 Å². The number of nitrogens with one attached hydrogen (secondary N) is 1. The minimum Gasteiger partial charge on any atom is -0.467 e. The maximum Gasteiger partial charge on any atom is 0.408 e. The van der Waals surface area contributed by atoms with Gasteiger partial charge < -0.3 is 24.9 Å². The van der Waals surface area contributed by atoms with Gasteiger partial charge in [-0.2, -0.15) is 0 Å². The van der Waals surface area contributed by atoms with Gasteiger partial charge in [0, 0.05) is 18.4 Å². The maximum atomic E-state index is 11.8. The number of hydrogen-bond donors (Lipinski definition) is 1. The van der Waals surface area contributed by atoms with Crippen molar-refractivity contribution in [2.24, 2.45) is 4.99 Å². The zero-order valence-corrected chi connectivity index (χ0v) is 12.9. The molecule has 0 aliphatic carbocycles. The SMILES string of the molecule is COC(=O)C(CC1=C([N+](=O)[O-])N=CC1)NC(=O)OC(C)(C)C. The average Bonchev–Trinajstić information content (AvgIpc) is 2.83. The van der Waals surface area contributed by atoms with Gasteiger partial charge in [-0.05, 0) is 25.7 Å². The van der Waals surface area contributed by atoms with Crippen LogP contribution in [0.3, 0.4) is 0 Å². The molecule has 0 aromatic rings. The monoisotopic (exact) mass is 313 g/mol. The molecule has 0 spiro atoms. The highest BCUT2D eigenvalue weighted by atomic mass is 16.6. The second kappa shape index (κ2) is 7.01. The van der Waals surface area contributed by atoms with Gasteiger partial charge in [-0.15, -0.1) is 0 Å². The summed E-state index contributed by atoms with van der Waals surface area (Å²) >= 11 is 0. The Morgan fingerprint density at radius 3 is 2.64 bits per heavy atom. The summed E-state index contributed by atoms with van der Waals surface area (Å²) in [6, 6.07) is -1.08. The minimum absolute atomic E-state index is 0.0672. The predicted molar refractivity (Wildman–Crippen MR) is 76.9 cm³/mol. The summed E-state index contributed by atoms with van der Waals surface area (Å²) < 4.78 is 9.67. The molecule has 1 aliphatic rings. The lowest BCUT2D eigenvalue weighted by Gasteiger charge is -2.22. The zero-order valence-electron chi connectivity index (χ0n) is 12.9. The van der Waals surface area contributed by atoms with Crippen LogP contribution >= 0.6 is 0 Å². The van der Waals surface area contributed by atoms with Gasteiger partial charge in [0.05, 0.1) is 7.11 Å². The Hall–Kier alpha value is -2.45. The number of alkyl carbamates (subject to hydrolysis) is 1. The molecule has 0 aromatic carbocycles. The van der Waals surface area contributed by atoms with Crippen molar-refractivity contribution in [3.63, 3.8) is 0 Å². The molecular weight excluding hydrogens is 294 g/mol. The Balaban J connectivity index is 2.83. The van der Waals surface area contributed by atoms with E-state index in [0.29, 0.717) is 5.57 Å². The van der Waals surface area contributed by atoms with Crippen LogP contribution in [0.5, 0.6) is 0 Å². The van der Waals surface area contributed by atoms with Crippen LogP contribution in [0.2, 0.25) is 0 Å². The van der Waals surface area contributed by atoms with Gasteiger partial charge >= 0.3 is 17.9 Å². The first kappa shape index (κ1) is 17.6. The van der Waals surface area contributed by atoms with Crippen molar-refractivity contribution in [2.75, 3.05) is 7.11 Å². The number of amides is 1. The first-order chi connectivity index (χ1) is 10.1. The van der Waals surface area contributed by atoms with E-state index in [-0.39, 0.29) is 18.7 Å². The number of aliphatic imine (C=N–C) groups is 1. The fourth-order valence-corrected chi connectivity index (χ4v) is 1.81. The van der Waals surface area contributed by atoms with Crippen molar-refractivity contribution < 1.29 is 24.0 Å². The summed E-state index contributed by atoms with van der Waals surface area (Å²) in [6.07, 6.45) is 0.766. The molecule has 1 rings (SSSR count). The van der Waals surface area contributed by atoms with E-state index in [2.05, 4.69) is 15.0 Å². The average molecular weight is 313 g/mol. The summed E-state index contributed by atoms with van der Waals surface area (Å²) in [4.78, 5) is 37.4. The number of rotatable bonds is 5. The fraction of sp³-hybridized carbons (Fsp3) is 0.615. The van der Waals surface area contributed by atoms with Crippen molar-refractivity contribution in [3.8, 4) is 0 Å². The van der Waals surface area contributed by atoms with Crippen LogP contribution in [-0.2, 0) is 14.3 Å². The summed E-state index contributed by atoms with van der Waals surface area (Å²) in [5.74, 6) is -1.02. The van der Waals surface area contributed by atoms with Crippen molar-refractivity contribution in [3.05, 3.63) is 21.5 Å². The van der Waals surface area contributed by atoms with Crippen LogP contribution < -0.4 is 5.32 Å². The van der Waals surface area contributed by atoms with E-state index in [0.717, 1.165) is 0 Å². The molecular formula is C13H19N3O6. The van der Waals surface area contributed by atoms with Gasteiger partial charge in [0.1, 0.15) is 17.9 Å². The lowest BCUT2D eigenvalue weighted by Crippen LogP contribution is -2.44. The molecule has 0 fully saturated rings. The molecule has 1 aliphatic heterocycles. The maximum absolute atomic E-state index is 11.8. The zero-order chi connectivity index (χ0) is 16.9. The van der Waals surface area contributed by atoms with E-state index in [1.807, 2.05) is 0 Å². The summed E-state index contributed by atoms with van der Waals surface area (Å²) in [6.45, 7) is 5.04. The first-order valence-corrected chi connectivity index (χ1v) is 6.60. The molecule has 1 atom stereocenters. The topological polar surface area (TPSA) is 120 Å². The van der Waals surface area contributed by atoms with Gasteiger partial charge in [-0.1, -0.05) is 4.99 Å². The van der Waals surface area contributed by atoms with Crippen LogP contribution in [0.25, 0.3) is 0 Å². The highest BCUT2D eigenvalue weighted by Crippen LogP contribution is 2.22. The number of hydrogen-bond acceptors (Lipinski definition) is 7. The third-order valence-corrected chi connectivity index (χ3v) is 2.67. The van der Waals surface area contributed by atoms with Crippen LogP contribution in [0.1, 0.15) is 33.6 Å². The second-order valence-electron chi connectivity index (χ2n) is 5.63. The molecule has 1 N–H and O–H groups in total. The molecule has 22 heavy (non-hydrogen) atoms. The molecule has 122 valence electrons. The van der Waals surface area contributed by atoms with E-state index >= 15 is 0 Å². The van der Waals surface area contributed by atoms with Crippen LogP contribution in [0.4, 0.5) is 4.79 Å². The molecule has 9 heteroatoms. The van der Waals surface area contributed by atoms with Gasteiger partial charge in [-0.3, -0.25) is 0 Å². The molecule has 0 radical (unpaired) electrons. The van der Waals surface area contributed by atoms with E-state index in [9.17, 15) is 19.7 Å². The molecule has 0 bridgehead atoms. The number of carbonyl (C=O) groups excluding carboxylic acids is 2. The smallest absolute Gasteiger partial charge is 0.408 e. The van der Waals surface area contributed by atoms with Crippen molar-refractivity contribution in [1.29, 1.82) is 0 Å². The number of methoxy groups -OCH3 is 1. The Labute approximate surface area is 127 Å². The standard InChI is InChI=1S/C13H19N3O6/c1-13(2,3)22-12(18)15-9(11(17)21-4)7-8-5-6-14-10(8)16(19)20/h6,9H,5,7H2,1-4H3,(H,15,18). The lowest BCUT2D eigenvalue weighted by atomic mass is 10.0. The predicted octanol–water partition coefficient (Wildman–Crippen LogP) is 1.41. The normalized spacial score (nSPS) is 15.5. The molecule has 1 unspecified atom stereocenters. The third-order valence-electron chi connectivity index (χ3n) is 2.67. The number of nitro groups is 1. The second-order valence-corrected chi connectivity index (χ2v) is 5.63. The molecule has 0 saturated carbocycles. The number of nitrogens with zero attached hydrogens (tertiary/aromatic N) is 2. The Morgan fingerprint density at radius 2 is 2.14 bits per heavy atom. The summed E-state index contributed by atoms with van der Waals surface area (Å²) in [5.41, 5.74) is -0.386. The van der Waals surface area contributed by atoms with E-state index < -0.39 is 28.6 Å². The number of esters is 1. The fourth-order valence-electron chi connectivity index (χ4n) is 1.81. The minimum atomic E-state index is -1.08. The van der Waals surface area contributed by atoms with Gasteiger partial charge in [0.25, 0.3) is 0 Å². The molecule has 9 nitrogen and oxygen atoms in total. The Morgan fingerprint density at radius 1 is 1.50 bits per heavy atom. The Kier molecular flexibility index (Phi) is 5.61. The van der Waals surface area contributed by atoms with Gasteiger partial charge in [0.2, 0.25) is 0 Å². The van der Waals surface area contributed by atoms with Crippen molar-refractivity contribution in [2.45, 2.75) is 45.3 Å². The van der Waals surface area contributed by atoms with E-state index in [1.54, 1.807) is 20.8 Å². The number of ether oxygens (including phenoxy) is 2. The van der Waals surface area contributed by atoms with Crippen molar-refractivity contribution >= 4 is 18.3 Å². The van der Waals surface area contributed by atoms with Gasteiger partial charge in [-0.25, -0.2) is 9.59 Å². The third kappa shape index (κ3) is 5.15. The van der Waals surface area contributed by atoms with E-state index in [1.165, 1.54) is 13.3 Å². The van der Waals surface area contributed by atoms with Crippen LogP contribution in [-0.4, -0.2) is 42.0 Å².